The largest absolute Gasteiger partial charge is 0.269 e. The van der Waals surface area contributed by atoms with E-state index in [0.29, 0.717) is 17.3 Å². The van der Waals surface area contributed by atoms with Crippen LogP contribution in [0.15, 0.2) is 22.7 Å². The molecule has 0 bridgehead atoms. The maximum absolute atomic E-state index is 11.5. The fourth-order valence-corrected chi connectivity index (χ4v) is 3.08. The van der Waals surface area contributed by atoms with E-state index < -0.39 is 10.0 Å². The average molecular weight is 313 g/mol. The highest BCUT2D eigenvalue weighted by Crippen LogP contribution is 2.30. The Morgan fingerprint density at radius 2 is 2.07 bits per heavy atom. The quantitative estimate of drug-likeness (QED) is 0.860. The second-order valence-corrected chi connectivity index (χ2v) is 6.25. The van der Waals surface area contributed by atoms with Crippen molar-refractivity contribution < 1.29 is 8.42 Å². The van der Waals surface area contributed by atoms with Crippen LogP contribution in [0.4, 0.5) is 5.69 Å². The van der Waals surface area contributed by atoms with Crippen LogP contribution in [-0.2, 0) is 10.0 Å². The second-order valence-electron chi connectivity index (χ2n) is 3.02. The van der Waals surface area contributed by atoms with Gasteiger partial charge in [-0.05, 0) is 25.1 Å². The monoisotopic (exact) mass is 311 g/mol. The minimum atomic E-state index is -3.27. The van der Waals surface area contributed by atoms with Crippen molar-refractivity contribution in [2.75, 3.05) is 17.1 Å². The number of benzene rings is 1. The Kier molecular flexibility index (Phi) is 4.03. The standard InChI is InChI=1S/C9H11BrClNO2S/c1-3-12(15(2,13)14)9-5-4-7(10)6-8(9)11/h4-6H,3H2,1-2H3. The summed E-state index contributed by atoms with van der Waals surface area (Å²) >= 11 is 9.24. The molecule has 1 aromatic rings. The predicted octanol–water partition coefficient (Wildman–Crippen LogP) is 2.89. The Hall–Kier alpha value is -0.260. The molecule has 1 aromatic carbocycles. The van der Waals surface area contributed by atoms with Crippen LogP contribution in [0.3, 0.4) is 0 Å². The molecule has 0 radical (unpaired) electrons. The van der Waals surface area contributed by atoms with Crippen molar-refractivity contribution >= 4 is 43.2 Å². The van der Waals surface area contributed by atoms with Crippen LogP contribution in [0, 0.1) is 0 Å². The lowest BCUT2D eigenvalue weighted by Gasteiger charge is -2.21. The Balaban J connectivity index is 3.25. The zero-order chi connectivity index (χ0) is 11.6. The summed E-state index contributed by atoms with van der Waals surface area (Å²) in [5.74, 6) is 0. The fraction of sp³-hybridized carbons (Fsp3) is 0.333. The Morgan fingerprint density at radius 3 is 2.47 bits per heavy atom. The lowest BCUT2D eigenvalue weighted by molar-refractivity contribution is 0.598. The van der Waals surface area contributed by atoms with Gasteiger partial charge in [0.1, 0.15) is 0 Å². The van der Waals surface area contributed by atoms with Gasteiger partial charge in [-0.3, -0.25) is 4.31 Å². The van der Waals surface area contributed by atoms with Crippen molar-refractivity contribution in [1.82, 2.24) is 0 Å². The number of hydrogen-bond donors (Lipinski definition) is 0. The van der Waals surface area contributed by atoms with E-state index >= 15 is 0 Å². The van der Waals surface area contributed by atoms with E-state index in [9.17, 15) is 8.42 Å². The van der Waals surface area contributed by atoms with E-state index in [-0.39, 0.29) is 0 Å². The van der Waals surface area contributed by atoms with E-state index in [4.69, 9.17) is 11.6 Å². The van der Waals surface area contributed by atoms with E-state index in [1.165, 1.54) is 4.31 Å². The van der Waals surface area contributed by atoms with E-state index in [1.54, 1.807) is 25.1 Å². The third kappa shape index (κ3) is 3.09. The maximum atomic E-state index is 11.5. The van der Waals surface area contributed by atoms with Crippen molar-refractivity contribution in [3.8, 4) is 0 Å². The molecule has 0 aromatic heterocycles. The molecular formula is C9H11BrClNO2S. The average Bonchev–Trinajstić information content (AvgIpc) is 2.07. The lowest BCUT2D eigenvalue weighted by Crippen LogP contribution is -2.29. The molecule has 0 aliphatic rings. The first-order valence-corrected chi connectivity index (χ1v) is 7.31. The highest BCUT2D eigenvalue weighted by Gasteiger charge is 2.17. The molecule has 0 N–H and O–H groups in total. The van der Waals surface area contributed by atoms with Crippen LogP contribution in [0.5, 0.6) is 0 Å². The molecule has 0 amide bonds. The van der Waals surface area contributed by atoms with Gasteiger partial charge < -0.3 is 0 Å². The number of nitrogens with zero attached hydrogens (tertiary/aromatic N) is 1. The fourth-order valence-electron chi connectivity index (χ4n) is 1.27. The third-order valence-corrected chi connectivity index (χ3v) is 3.92. The van der Waals surface area contributed by atoms with Crippen molar-refractivity contribution in [3.05, 3.63) is 27.7 Å². The number of sulfonamides is 1. The minimum Gasteiger partial charge on any atom is -0.269 e. The molecule has 3 nitrogen and oxygen atoms in total. The van der Waals surface area contributed by atoms with Gasteiger partial charge in [0.05, 0.1) is 17.0 Å². The molecule has 0 aliphatic heterocycles. The number of rotatable bonds is 3. The van der Waals surface area contributed by atoms with Crippen molar-refractivity contribution in [3.63, 3.8) is 0 Å². The van der Waals surface area contributed by atoms with Gasteiger partial charge in [0.2, 0.25) is 10.0 Å². The molecule has 0 aliphatic carbocycles. The van der Waals surface area contributed by atoms with Gasteiger partial charge in [0.25, 0.3) is 0 Å². The second kappa shape index (κ2) is 4.72. The molecule has 0 spiro atoms. The molecule has 0 heterocycles. The smallest absolute Gasteiger partial charge is 0.232 e. The summed E-state index contributed by atoms with van der Waals surface area (Å²) in [7, 11) is -3.27. The Morgan fingerprint density at radius 1 is 1.47 bits per heavy atom. The summed E-state index contributed by atoms with van der Waals surface area (Å²) in [6.45, 7) is 2.12. The van der Waals surface area contributed by atoms with Crippen LogP contribution in [0.1, 0.15) is 6.92 Å². The van der Waals surface area contributed by atoms with Gasteiger partial charge in [-0.1, -0.05) is 27.5 Å². The van der Waals surface area contributed by atoms with Crippen molar-refractivity contribution in [1.29, 1.82) is 0 Å². The Labute approximate surface area is 103 Å². The SMILES string of the molecule is CCN(c1ccc(Br)cc1Cl)S(C)(=O)=O. The summed E-state index contributed by atoms with van der Waals surface area (Å²) in [6.07, 6.45) is 1.16. The molecule has 0 atom stereocenters. The first kappa shape index (κ1) is 12.8. The van der Waals surface area contributed by atoms with Gasteiger partial charge in [0, 0.05) is 11.0 Å². The molecule has 0 saturated heterocycles. The number of halogens is 2. The molecule has 15 heavy (non-hydrogen) atoms. The van der Waals surface area contributed by atoms with Crippen LogP contribution in [0.25, 0.3) is 0 Å². The third-order valence-electron chi connectivity index (χ3n) is 1.87. The number of hydrogen-bond acceptors (Lipinski definition) is 2. The first-order chi connectivity index (χ1) is 6.86. The molecule has 1 rings (SSSR count). The molecular weight excluding hydrogens is 302 g/mol. The predicted molar refractivity (Wildman–Crippen MR) is 67.0 cm³/mol. The highest BCUT2D eigenvalue weighted by molar-refractivity contribution is 9.10. The van der Waals surface area contributed by atoms with E-state index in [0.717, 1.165) is 10.7 Å². The number of anilines is 1. The van der Waals surface area contributed by atoms with Crippen LogP contribution >= 0.6 is 27.5 Å². The molecule has 0 fully saturated rings. The summed E-state index contributed by atoms with van der Waals surface area (Å²) < 4.78 is 25.0. The molecule has 0 unspecified atom stereocenters. The van der Waals surface area contributed by atoms with Gasteiger partial charge in [-0.15, -0.1) is 0 Å². The van der Waals surface area contributed by atoms with Crippen molar-refractivity contribution in [2.24, 2.45) is 0 Å². The van der Waals surface area contributed by atoms with Crippen LogP contribution < -0.4 is 4.31 Å². The van der Waals surface area contributed by atoms with Crippen LogP contribution in [-0.4, -0.2) is 21.2 Å². The zero-order valence-corrected chi connectivity index (χ0v) is 11.5. The topological polar surface area (TPSA) is 37.4 Å². The van der Waals surface area contributed by atoms with Crippen molar-refractivity contribution in [2.45, 2.75) is 6.92 Å². The summed E-state index contributed by atoms with van der Waals surface area (Å²) in [5, 5.41) is 0.414. The van der Waals surface area contributed by atoms with Gasteiger partial charge >= 0.3 is 0 Å². The zero-order valence-electron chi connectivity index (χ0n) is 8.37. The summed E-state index contributed by atoms with van der Waals surface area (Å²) in [4.78, 5) is 0. The van der Waals surface area contributed by atoms with Gasteiger partial charge in [-0.25, -0.2) is 8.42 Å². The summed E-state index contributed by atoms with van der Waals surface area (Å²) in [5.41, 5.74) is 0.505. The normalized spacial score (nSPS) is 11.5. The summed E-state index contributed by atoms with van der Waals surface area (Å²) in [6, 6.07) is 5.11. The van der Waals surface area contributed by atoms with Gasteiger partial charge in [0.15, 0.2) is 0 Å². The van der Waals surface area contributed by atoms with E-state index in [2.05, 4.69) is 15.9 Å². The molecule has 84 valence electrons. The minimum absolute atomic E-state index is 0.361. The first-order valence-electron chi connectivity index (χ1n) is 4.29. The van der Waals surface area contributed by atoms with E-state index in [1.807, 2.05) is 0 Å². The Bertz CT molecular complexity index is 461. The highest BCUT2D eigenvalue weighted by atomic mass is 79.9. The maximum Gasteiger partial charge on any atom is 0.232 e. The lowest BCUT2D eigenvalue weighted by atomic mass is 10.3. The van der Waals surface area contributed by atoms with Crippen LogP contribution in [0.2, 0.25) is 5.02 Å². The van der Waals surface area contributed by atoms with Gasteiger partial charge in [-0.2, -0.15) is 0 Å². The molecule has 0 saturated carbocycles. The molecule has 6 heteroatoms.